The first kappa shape index (κ1) is 15.9. The summed E-state index contributed by atoms with van der Waals surface area (Å²) in [5.74, 6) is 0.909. The third-order valence-corrected chi connectivity index (χ3v) is 3.43. The quantitative estimate of drug-likeness (QED) is 0.571. The summed E-state index contributed by atoms with van der Waals surface area (Å²) in [6.07, 6.45) is 9.26. The van der Waals surface area contributed by atoms with Crippen molar-refractivity contribution in [3.05, 3.63) is 0 Å². The zero-order chi connectivity index (χ0) is 12.2. The van der Waals surface area contributed by atoms with Gasteiger partial charge in [0.1, 0.15) is 0 Å². The minimum absolute atomic E-state index is 0.311. The molecular weight excluding hydrogens is 200 g/mol. The summed E-state index contributed by atoms with van der Waals surface area (Å²) in [7, 11) is 0. The molecule has 0 saturated carbocycles. The van der Waals surface area contributed by atoms with Crippen LogP contribution in [-0.4, -0.2) is 23.4 Å². The average molecular weight is 230 g/mol. The zero-order valence-corrected chi connectivity index (χ0v) is 11.1. The van der Waals surface area contributed by atoms with E-state index in [-0.39, 0.29) is 0 Å². The molecule has 16 heavy (non-hydrogen) atoms. The van der Waals surface area contributed by atoms with Gasteiger partial charge in [-0.1, -0.05) is 39.5 Å². The predicted molar refractivity (Wildman–Crippen MR) is 69.4 cm³/mol. The van der Waals surface area contributed by atoms with E-state index in [9.17, 15) is 10.2 Å². The lowest BCUT2D eigenvalue weighted by atomic mass is 9.90. The number of rotatable bonds is 11. The van der Waals surface area contributed by atoms with Crippen molar-refractivity contribution in [2.75, 3.05) is 13.2 Å². The molecule has 0 aliphatic heterocycles. The summed E-state index contributed by atoms with van der Waals surface area (Å²) in [5, 5.41) is 18.5. The van der Waals surface area contributed by atoms with E-state index < -0.39 is 0 Å². The van der Waals surface area contributed by atoms with Crippen LogP contribution in [0.5, 0.6) is 0 Å². The van der Waals surface area contributed by atoms with E-state index >= 15 is 0 Å². The van der Waals surface area contributed by atoms with Crippen LogP contribution in [0.1, 0.15) is 65.2 Å². The van der Waals surface area contributed by atoms with Gasteiger partial charge in [0, 0.05) is 13.2 Å². The summed E-state index contributed by atoms with van der Waals surface area (Å²) < 4.78 is 0. The van der Waals surface area contributed by atoms with Crippen molar-refractivity contribution < 1.29 is 10.2 Å². The second-order valence-electron chi connectivity index (χ2n) is 4.96. The van der Waals surface area contributed by atoms with E-state index in [2.05, 4.69) is 13.8 Å². The van der Waals surface area contributed by atoms with Crippen LogP contribution in [0.4, 0.5) is 0 Å². The number of hydrogen-bond donors (Lipinski definition) is 2. The van der Waals surface area contributed by atoms with Crippen LogP contribution in [0.25, 0.3) is 0 Å². The Labute approximate surface area is 101 Å². The van der Waals surface area contributed by atoms with Crippen molar-refractivity contribution in [2.24, 2.45) is 11.8 Å². The molecule has 0 rings (SSSR count). The fourth-order valence-corrected chi connectivity index (χ4v) is 2.11. The molecule has 0 aromatic heterocycles. The van der Waals surface area contributed by atoms with Gasteiger partial charge >= 0.3 is 0 Å². The molecule has 2 N–H and O–H groups in total. The number of unbranched alkanes of at least 4 members (excludes halogenated alkanes) is 2. The Kier molecular flexibility index (Phi) is 11.3. The van der Waals surface area contributed by atoms with Crippen molar-refractivity contribution >= 4 is 0 Å². The third-order valence-electron chi connectivity index (χ3n) is 3.43. The van der Waals surface area contributed by atoms with Crippen molar-refractivity contribution in [2.45, 2.75) is 65.2 Å². The molecule has 2 nitrogen and oxygen atoms in total. The highest BCUT2D eigenvalue weighted by atomic mass is 16.3. The Morgan fingerprint density at radius 2 is 1.06 bits per heavy atom. The molecule has 2 heteroatoms. The van der Waals surface area contributed by atoms with Crippen LogP contribution in [0.15, 0.2) is 0 Å². The molecular formula is C14H30O2. The Morgan fingerprint density at radius 1 is 0.688 bits per heavy atom. The van der Waals surface area contributed by atoms with E-state index in [1.54, 1.807) is 0 Å². The van der Waals surface area contributed by atoms with E-state index in [1.807, 2.05) is 0 Å². The Hall–Kier alpha value is -0.0800. The van der Waals surface area contributed by atoms with Crippen LogP contribution < -0.4 is 0 Å². The lowest BCUT2D eigenvalue weighted by molar-refractivity contribution is 0.171. The zero-order valence-electron chi connectivity index (χ0n) is 11.1. The van der Waals surface area contributed by atoms with Gasteiger partial charge in [-0.15, -0.1) is 0 Å². The topological polar surface area (TPSA) is 40.5 Å². The molecule has 0 heterocycles. The monoisotopic (exact) mass is 230 g/mol. The van der Waals surface area contributed by atoms with Crippen molar-refractivity contribution in [3.63, 3.8) is 0 Å². The van der Waals surface area contributed by atoms with Gasteiger partial charge in [-0.05, 0) is 37.5 Å². The molecule has 0 fully saturated rings. The maximum absolute atomic E-state index is 9.25. The van der Waals surface area contributed by atoms with Crippen molar-refractivity contribution in [1.29, 1.82) is 0 Å². The van der Waals surface area contributed by atoms with Gasteiger partial charge in [0.25, 0.3) is 0 Å². The first-order chi connectivity index (χ1) is 7.78. The largest absolute Gasteiger partial charge is 0.396 e. The van der Waals surface area contributed by atoms with Crippen molar-refractivity contribution in [3.8, 4) is 0 Å². The molecule has 0 spiro atoms. The minimum atomic E-state index is 0.311. The minimum Gasteiger partial charge on any atom is -0.396 e. The van der Waals surface area contributed by atoms with Gasteiger partial charge in [-0.25, -0.2) is 0 Å². The third kappa shape index (κ3) is 8.12. The smallest absolute Gasteiger partial charge is 0.0459 e. The molecule has 0 radical (unpaired) electrons. The molecule has 0 amide bonds. The maximum Gasteiger partial charge on any atom is 0.0459 e. The van der Waals surface area contributed by atoms with E-state index in [0.29, 0.717) is 25.0 Å². The van der Waals surface area contributed by atoms with Gasteiger partial charge in [0.2, 0.25) is 0 Å². The summed E-state index contributed by atoms with van der Waals surface area (Å²) in [6, 6.07) is 0. The molecule has 0 aliphatic carbocycles. The van der Waals surface area contributed by atoms with Gasteiger partial charge in [0.05, 0.1) is 0 Å². The number of aliphatic hydroxyl groups excluding tert-OH is 2. The number of aliphatic hydroxyl groups is 2. The van der Waals surface area contributed by atoms with E-state index in [1.165, 1.54) is 25.7 Å². The van der Waals surface area contributed by atoms with E-state index in [0.717, 1.165) is 25.7 Å². The van der Waals surface area contributed by atoms with Crippen LogP contribution in [0, 0.1) is 11.8 Å². The predicted octanol–water partition coefficient (Wildman–Crippen LogP) is 3.36. The lowest BCUT2D eigenvalue weighted by Gasteiger charge is -2.18. The van der Waals surface area contributed by atoms with Crippen LogP contribution >= 0.6 is 0 Å². The Bertz CT molecular complexity index is 121. The van der Waals surface area contributed by atoms with Gasteiger partial charge in [-0.2, -0.15) is 0 Å². The van der Waals surface area contributed by atoms with Gasteiger partial charge < -0.3 is 10.2 Å². The summed E-state index contributed by atoms with van der Waals surface area (Å²) in [5.41, 5.74) is 0. The highest BCUT2D eigenvalue weighted by Gasteiger charge is 2.12. The fraction of sp³-hybridized carbons (Fsp3) is 1.00. The molecule has 0 aliphatic rings. The second kappa shape index (κ2) is 11.4. The first-order valence-electron chi connectivity index (χ1n) is 7.00. The molecule has 0 bridgehead atoms. The first-order valence-corrected chi connectivity index (χ1v) is 7.00. The van der Waals surface area contributed by atoms with E-state index in [4.69, 9.17) is 0 Å². The fourth-order valence-electron chi connectivity index (χ4n) is 2.11. The van der Waals surface area contributed by atoms with Crippen LogP contribution in [0.2, 0.25) is 0 Å². The summed E-state index contributed by atoms with van der Waals surface area (Å²) >= 11 is 0. The summed E-state index contributed by atoms with van der Waals surface area (Å²) in [4.78, 5) is 0. The van der Waals surface area contributed by atoms with Crippen LogP contribution in [-0.2, 0) is 0 Å². The van der Waals surface area contributed by atoms with Gasteiger partial charge in [0.15, 0.2) is 0 Å². The van der Waals surface area contributed by atoms with Crippen LogP contribution in [0.3, 0.4) is 0 Å². The summed E-state index contributed by atoms with van der Waals surface area (Å²) in [6.45, 7) is 5.00. The highest BCUT2D eigenvalue weighted by Crippen LogP contribution is 2.21. The SMILES string of the molecule is CCCCC(CO)CCC(CO)CCCC. The normalized spacial score (nSPS) is 15.0. The second-order valence-corrected chi connectivity index (χ2v) is 4.96. The standard InChI is InChI=1S/C14H30O2/c1-3-5-7-13(11-15)9-10-14(12-16)8-6-4-2/h13-16H,3-12H2,1-2H3. The lowest BCUT2D eigenvalue weighted by Crippen LogP contribution is -2.12. The molecule has 0 aromatic carbocycles. The maximum atomic E-state index is 9.25. The molecule has 0 saturated heterocycles. The Morgan fingerprint density at radius 3 is 1.31 bits per heavy atom. The number of hydrogen-bond acceptors (Lipinski definition) is 2. The van der Waals surface area contributed by atoms with Gasteiger partial charge in [-0.3, -0.25) is 0 Å². The molecule has 2 atom stereocenters. The average Bonchev–Trinajstić information content (AvgIpc) is 2.33. The Balaban J connectivity index is 3.69. The molecule has 2 unspecified atom stereocenters. The highest BCUT2D eigenvalue weighted by molar-refractivity contribution is 4.64. The molecule has 98 valence electrons. The molecule has 0 aromatic rings. The van der Waals surface area contributed by atoms with Crippen molar-refractivity contribution in [1.82, 2.24) is 0 Å².